The van der Waals surface area contributed by atoms with Gasteiger partial charge in [-0.05, 0) is 57.0 Å². The third-order valence-electron chi connectivity index (χ3n) is 4.22. The van der Waals surface area contributed by atoms with Gasteiger partial charge in [-0.1, -0.05) is 19.1 Å². The number of nitrogens with one attached hydrogen (secondary N) is 1. The van der Waals surface area contributed by atoms with Crippen molar-refractivity contribution in [3.05, 3.63) is 35.6 Å². The van der Waals surface area contributed by atoms with E-state index in [1.54, 1.807) is 6.07 Å². The molecule has 0 saturated carbocycles. The molecule has 1 heterocycles. The normalized spacial score (nSPS) is 17.5. The summed E-state index contributed by atoms with van der Waals surface area (Å²) >= 11 is 0. The Hall–Kier alpha value is -1.42. The number of piperidine rings is 1. The van der Waals surface area contributed by atoms with Crippen LogP contribution in [-0.4, -0.2) is 36.5 Å². The molecule has 1 amide bonds. The van der Waals surface area contributed by atoms with Gasteiger partial charge in [-0.25, -0.2) is 4.39 Å². The van der Waals surface area contributed by atoms with Crippen molar-refractivity contribution in [2.24, 2.45) is 0 Å². The monoisotopic (exact) mass is 292 g/mol. The van der Waals surface area contributed by atoms with Gasteiger partial charge in [0, 0.05) is 12.6 Å². The summed E-state index contributed by atoms with van der Waals surface area (Å²) in [5.41, 5.74) is 0.759. The second-order valence-electron chi connectivity index (χ2n) is 5.79. The lowest BCUT2D eigenvalue weighted by molar-refractivity contribution is -0.135. The highest BCUT2D eigenvalue weighted by Crippen LogP contribution is 2.22. The van der Waals surface area contributed by atoms with E-state index >= 15 is 0 Å². The van der Waals surface area contributed by atoms with Gasteiger partial charge in [0.25, 0.3) is 0 Å². The van der Waals surface area contributed by atoms with E-state index in [2.05, 4.69) is 12.2 Å². The quantitative estimate of drug-likeness (QED) is 0.905. The molecule has 0 bridgehead atoms. The molecule has 1 aromatic carbocycles. The zero-order valence-corrected chi connectivity index (χ0v) is 12.9. The molecule has 116 valence electrons. The molecule has 3 nitrogen and oxygen atoms in total. The maximum Gasteiger partial charge on any atom is 0.230 e. The lowest BCUT2D eigenvalue weighted by Crippen LogP contribution is -2.47. The molecule has 0 radical (unpaired) electrons. The number of hydrogen-bond donors (Lipinski definition) is 1. The van der Waals surface area contributed by atoms with Crippen molar-refractivity contribution in [3.8, 4) is 0 Å². The third-order valence-corrected chi connectivity index (χ3v) is 4.22. The van der Waals surface area contributed by atoms with Crippen LogP contribution in [0.5, 0.6) is 0 Å². The van der Waals surface area contributed by atoms with Crippen molar-refractivity contribution in [1.29, 1.82) is 0 Å². The van der Waals surface area contributed by atoms with Crippen LogP contribution >= 0.6 is 0 Å². The Morgan fingerprint density at radius 1 is 1.43 bits per heavy atom. The fourth-order valence-corrected chi connectivity index (χ4v) is 3.00. The number of halogens is 1. The van der Waals surface area contributed by atoms with E-state index < -0.39 is 0 Å². The van der Waals surface area contributed by atoms with Crippen LogP contribution in [-0.2, 0) is 4.79 Å². The molecule has 21 heavy (non-hydrogen) atoms. The van der Waals surface area contributed by atoms with Crippen LogP contribution in [0, 0.1) is 5.82 Å². The second-order valence-corrected chi connectivity index (χ2v) is 5.79. The molecule has 1 fully saturated rings. The summed E-state index contributed by atoms with van der Waals surface area (Å²) in [6.07, 6.45) is 2.95. The molecular formula is C17H25FN2O. The molecule has 1 atom stereocenters. The Morgan fingerprint density at radius 3 is 2.76 bits per heavy atom. The van der Waals surface area contributed by atoms with Crippen molar-refractivity contribution in [1.82, 2.24) is 10.2 Å². The smallest absolute Gasteiger partial charge is 0.230 e. The third kappa shape index (κ3) is 4.03. The first-order chi connectivity index (χ1) is 10.1. The van der Waals surface area contributed by atoms with Crippen LogP contribution in [0.25, 0.3) is 0 Å². The molecule has 0 aromatic heterocycles. The Balaban J connectivity index is 2.13. The van der Waals surface area contributed by atoms with Gasteiger partial charge in [0.1, 0.15) is 5.82 Å². The zero-order chi connectivity index (χ0) is 15.2. The van der Waals surface area contributed by atoms with Crippen LogP contribution in [0.1, 0.15) is 44.6 Å². The van der Waals surface area contributed by atoms with Crippen LogP contribution in [0.3, 0.4) is 0 Å². The molecule has 1 saturated heterocycles. The summed E-state index contributed by atoms with van der Waals surface area (Å²) in [5, 5.41) is 3.33. The van der Waals surface area contributed by atoms with E-state index in [4.69, 9.17) is 0 Å². The SMILES string of the molecule is CCCN(C(=O)C(C)c1cccc(F)c1)C1CCNCC1. The lowest BCUT2D eigenvalue weighted by Gasteiger charge is -2.36. The molecule has 2 rings (SSSR count). The lowest BCUT2D eigenvalue weighted by atomic mass is 9.96. The summed E-state index contributed by atoms with van der Waals surface area (Å²) in [6.45, 7) is 6.68. The Bertz CT molecular complexity index is 472. The number of rotatable bonds is 5. The van der Waals surface area contributed by atoms with Gasteiger partial charge in [-0.2, -0.15) is 0 Å². The highest BCUT2D eigenvalue weighted by molar-refractivity contribution is 5.83. The summed E-state index contributed by atoms with van der Waals surface area (Å²) in [4.78, 5) is 14.8. The van der Waals surface area contributed by atoms with Crippen LogP contribution in [0.4, 0.5) is 4.39 Å². The van der Waals surface area contributed by atoms with E-state index in [0.29, 0.717) is 6.04 Å². The minimum Gasteiger partial charge on any atom is -0.339 e. The topological polar surface area (TPSA) is 32.3 Å². The van der Waals surface area contributed by atoms with Gasteiger partial charge < -0.3 is 10.2 Å². The van der Waals surface area contributed by atoms with E-state index in [-0.39, 0.29) is 17.6 Å². The van der Waals surface area contributed by atoms with Crippen molar-refractivity contribution in [2.75, 3.05) is 19.6 Å². The van der Waals surface area contributed by atoms with Gasteiger partial charge in [0.2, 0.25) is 5.91 Å². The van der Waals surface area contributed by atoms with Gasteiger partial charge in [-0.3, -0.25) is 4.79 Å². The van der Waals surface area contributed by atoms with Gasteiger partial charge in [-0.15, -0.1) is 0 Å². The average Bonchev–Trinajstić information content (AvgIpc) is 2.52. The van der Waals surface area contributed by atoms with E-state index in [9.17, 15) is 9.18 Å². The minimum absolute atomic E-state index is 0.120. The van der Waals surface area contributed by atoms with Crippen molar-refractivity contribution in [2.45, 2.75) is 45.1 Å². The first kappa shape index (κ1) is 16.0. The van der Waals surface area contributed by atoms with Crippen molar-refractivity contribution < 1.29 is 9.18 Å². The van der Waals surface area contributed by atoms with Crippen molar-refractivity contribution in [3.63, 3.8) is 0 Å². The summed E-state index contributed by atoms with van der Waals surface area (Å²) in [7, 11) is 0. The molecule has 4 heteroatoms. The molecule has 1 aromatic rings. The molecule has 1 unspecified atom stereocenters. The Kier molecular flexibility index (Phi) is 5.74. The Labute approximate surface area is 126 Å². The fraction of sp³-hybridized carbons (Fsp3) is 0.588. The average molecular weight is 292 g/mol. The summed E-state index contributed by atoms with van der Waals surface area (Å²) in [5.74, 6) is -0.451. The number of nitrogens with zero attached hydrogens (tertiary/aromatic N) is 1. The second kappa shape index (κ2) is 7.55. The summed E-state index contributed by atoms with van der Waals surface area (Å²) in [6, 6.07) is 6.70. The highest BCUT2D eigenvalue weighted by atomic mass is 19.1. The highest BCUT2D eigenvalue weighted by Gasteiger charge is 2.28. The first-order valence-corrected chi connectivity index (χ1v) is 7.90. The molecular weight excluding hydrogens is 267 g/mol. The van der Waals surface area contributed by atoms with Crippen molar-refractivity contribution >= 4 is 5.91 Å². The largest absolute Gasteiger partial charge is 0.339 e. The Morgan fingerprint density at radius 2 is 2.14 bits per heavy atom. The maximum atomic E-state index is 13.4. The van der Waals surface area contributed by atoms with E-state index in [0.717, 1.165) is 44.5 Å². The predicted molar refractivity (Wildman–Crippen MR) is 82.7 cm³/mol. The number of hydrogen-bond acceptors (Lipinski definition) is 2. The van der Waals surface area contributed by atoms with Gasteiger partial charge >= 0.3 is 0 Å². The standard InChI is InChI=1S/C17H25FN2O/c1-3-11-20(16-7-9-19-10-8-16)17(21)13(2)14-5-4-6-15(18)12-14/h4-6,12-13,16,19H,3,7-11H2,1-2H3. The molecule has 0 spiro atoms. The van der Waals surface area contributed by atoms with Gasteiger partial charge in [0.15, 0.2) is 0 Å². The molecule has 0 aliphatic carbocycles. The number of carbonyl (C=O) groups excluding carboxylic acids is 1. The molecule has 1 aliphatic rings. The van der Waals surface area contributed by atoms with Gasteiger partial charge in [0.05, 0.1) is 5.92 Å². The molecule has 1 N–H and O–H groups in total. The summed E-state index contributed by atoms with van der Waals surface area (Å²) < 4.78 is 13.4. The maximum absolute atomic E-state index is 13.4. The number of carbonyl (C=O) groups is 1. The zero-order valence-electron chi connectivity index (χ0n) is 12.9. The predicted octanol–water partition coefficient (Wildman–Crippen LogP) is 2.92. The number of amides is 1. The van der Waals surface area contributed by atoms with Crippen LogP contribution in [0.2, 0.25) is 0 Å². The first-order valence-electron chi connectivity index (χ1n) is 7.90. The number of benzene rings is 1. The minimum atomic E-state index is -0.290. The fourth-order valence-electron chi connectivity index (χ4n) is 3.00. The van der Waals surface area contributed by atoms with E-state index in [1.807, 2.05) is 17.9 Å². The van der Waals surface area contributed by atoms with E-state index in [1.165, 1.54) is 12.1 Å². The van der Waals surface area contributed by atoms with Crippen LogP contribution in [0.15, 0.2) is 24.3 Å². The molecule has 1 aliphatic heterocycles. The van der Waals surface area contributed by atoms with Crippen LogP contribution < -0.4 is 5.32 Å².